The molecule has 4 nitrogen and oxygen atoms in total. The Morgan fingerprint density at radius 2 is 1.67 bits per heavy atom. The zero-order chi connectivity index (χ0) is 21.1. The molecule has 2 unspecified atom stereocenters. The largest absolute Gasteiger partial charge is 0.457 e. The van der Waals surface area contributed by atoms with Gasteiger partial charge in [-0.2, -0.15) is 8.78 Å². The summed E-state index contributed by atoms with van der Waals surface area (Å²) < 4.78 is 38.1. The molecule has 0 saturated heterocycles. The van der Waals surface area contributed by atoms with Crippen LogP contribution in [-0.4, -0.2) is 29.6 Å². The third kappa shape index (κ3) is 3.26. The number of esters is 2. The van der Waals surface area contributed by atoms with Gasteiger partial charge in [-0.25, -0.2) is 9.59 Å². The lowest BCUT2D eigenvalue weighted by Crippen LogP contribution is -2.59. The van der Waals surface area contributed by atoms with Gasteiger partial charge in [-0.05, 0) is 54.9 Å². The van der Waals surface area contributed by atoms with Crippen molar-refractivity contribution in [3.63, 3.8) is 0 Å². The Morgan fingerprint density at radius 3 is 2.37 bits per heavy atom. The first-order valence-electron chi connectivity index (χ1n) is 10.5. The standard InChI is InChI=1S/C24H24F2O4/c1-23(25,26)22(28)29-20-16-9-14-10-17(20)13-24(11-14,12-16)30-21(27)19-8-4-6-15-5-2-3-7-18(15)19/h2-8,14,16-17,20H,9-13H2,1H3. The average Bonchev–Trinajstić information content (AvgIpc) is 2.68. The van der Waals surface area contributed by atoms with E-state index in [0.29, 0.717) is 31.2 Å². The van der Waals surface area contributed by atoms with Gasteiger partial charge in [0, 0.05) is 18.8 Å². The predicted octanol–water partition coefficient (Wildman–Crippen LogP) is 5.14. The molecule has 158 valence electrons. The topological polar surface area (TPSA) is 52.6 Å². The lowest BCUT2D eigenvalue weighted by molar-refractivity contribution is -0.212. The molecule has 2 aromatic carbocycles. The van der Waals surface area contributed by atoms with Crippen LogP contribution in [0.1, 0.15) is 49.4 Å². The maximum Gasteiger partial charge on any atom is 0.376 e. The van der Waals surface area contributed by atoms with Gasteiger partial charge in [0.15, 0.2) is 0 Å². The first-order valence-corrected chi connectivity index (χ1v) is 10.5. The number of rotatable bonds is 4. The van der Waals surface area contributed by atoms with E-state index >= 15 is 0 Å². The molecule has 4 fully saturated rings. The van der Waals surface area contributed by atoms with E-state index in [1.807, 2.05) is 36.4 Å². The Hall–Kier alpha value is -2.50. The quantitative estimate of drug-likeness (QED) is 0.650. The Kier molecular flexibility index (Phi) is 4.38. The maximum absolute atomic E-state index is 13.4. The second-order valence-electron chi connectivity index (χ2n) is 9.33. The highest BCUT2D eigenvalue weighted by Crippen LogP contribution is 2.58. The summed E-state index contributed by atoms with van der Waals surface area (Å²) in [5.74, 6) is -5.00. The third-order valence-corrected chi connectivity index (χ3v) is 7.05. The van der Waals surface area contributed by atoms with E-state index in [9.17, 15) is 18.4 Å². The van der Waals surface area contributed by atoms with Crippen LogP contribution >= 0.6 is 0 Å². The molecule has 0 radical (unpaired) electrons. The van der Waals surface area contributed by atoms with Crippen LogP contribution in [0.4, 0.5) is 8.78 Å². The maximum atomic E-state index is 13.4. The fourth-order valence-corrected chi connectivity index (χ4v) is 6.10. The molecule has 4 aliphatic rings. The van der Waals surface area contributed by atoms with Crippen molar-refractivity contribution in [3.05, 3.63) is 48.0 Å². The molecule has 4 aliphatic carbocycles. The Balaban J connectivity index is 1.37. The Morgan fingerprint density at radius 1 is 1.00 bits per heavy atom. The summed E-state index contributed by atoms with van der Waals surface area (Å²) in [5.41, 5.74) is -0.0558. The van der Waals surface area contributed by atoms with E-state index in [4.69, 9.17) is 9.47 Å². The number of halogens is 2. The molecule has 0 aliphatic heterocycles. The smallest absolute Gasteiger partial charge is 0.376 e. The van der Waals surface area contributed by atoms with Crippen LogP contribution < -0.4 is 0 Å². The van der Waals surface area contributed by atoms with Crippen LogP contribution in [0.5, 0.6) is 0 Å². The van der Waals surface area contributed by atoms with Gasteiger partial charge >= 0.3 is 17.9 Å². The van der Waals surface area contributed by atoms with Gasteiger partial charge in [0.2, 0.25) is 0 Å². The molecule has 2 atom stereocenters. The molecule has 4 bridgehead atoms. The highest BCUT2D eigenvalue weighted by atomic mass is 19.3. The number of hydrogen-bond donors (Lipinski definition) is 0. The second kappa shape index (κ2) is 6.76. The number of ether oxygens (including phenoxy) is 2. The number of carbonyl (C=O) groups is 2. The minimum Gasteiger partial charge on any atom is -0.457 e. The summed E-state index contributed by atoms with van der Waals surface area (Å²) in [6.07, 6.45) is 3.06. The van der Waals surface area contributed by atoms with E-state index in [-0.39, 0.29) is 17.8 Å². The molecule has 2 aromatic rings. The number of hydrogen-bond acceptors (Lipinski definition) is 4. The van der Waals surface area contributed by atoms with Crippen LogP contribution in [0.3, 0.4) is 0 Å². The lowest BCUT2D eigenvalue weighted by atomic mass is 9.53. The predicted molar refractivity (Wildman–Crippen MR) is 106 cm³/mol. The summed E-state index contributed by atoms with van der Waals surface area (Å²) in [5, 5.41) is 1.83. The van der Waals surface area contributed by atoms with Crippen LogP contribution in [0.2, 0.25) is 0 Å². The molecule has 0 heterocycles. The first-order chi connectivity index (χ1) is 14.2. The van der Waals surface area contributed by atoms with Gasteiger partial charge in [0.1, 0.15) is 11.7 Å². The third-order valence-electron chi connectivity index (χ3n) is 7.05. The van der Waals surface area contributed by atoms with Crippen molar-refractivity contribution in [2.24, 2.45) is 17.8 Å². The van der Waals surface area contributed by atoms with Crippen molar-refractivity contribution in [2.45, 2.75) is 56.7 Å². The fraction of sp³-hybridized carbons (Fsp3) is 0.500. The molecule has 0 amide bonds. The average molecular weight is 414 g/mol. The molecular formula is C24H24F2O4. The summed E-state index contributed by atoms with van der Waals surface area (Å²) in [6.45, 7) is 0.568. The summed E-state index contributed by atoms with van der Waals surface area (Å²) >= 11 is 0. The number of benzene rings is 2. The van der Waals surface area contributed by atoms with Crippen molar-refractivity contribution in [1.82, 2.24) is 0 Å². The molecule has 0 N–H and O–H groups in total. The lowest BCUT2D eigenvalue weighted by Gasteiger charge is -2.58. The van der Waals surface area contributed by atoms with Gasteiger partial charge in [-0.15, -0.1) is 0 Å². The van der Waals surface area contributed by atoms with Gasteiger partial charge in [0.25, 0.3) is 0 Å². The van der Waals surface area contributed by atoms with E-state index < -0.39 is 23.6 Å². The minimum absolute atomic E-state index is 0.0390. The monoisotopic (exact) mass is 414 g/mol. The van der Waals surface area contributed by atoms with Gasteiger partial charge in [-0.1, -0.05) is 36.4 Å². The summed E-state index contributed by atoms with van der Waals surface area (Å²) in [4.78, 5) is 24.9. The molecule has 0 spiro atoms. The summed E-state index contributed by atoms with van der Waals surface area (Å²) in [6, 6.07) is 13.3. The van der Waals surface area contributed by atoms with Crippen molar-refractivity contribution >= 4 is 22.7 Å². The molecule has 6 rings (SSSR count). The van der Waals surface area contributed by atoms with Crippen molar-refractivity contribution in [3.8, 4) is 0 Å². The van der Waals surface area contributed by atoms with E-state index in [1.54, 1.807) is 6.07 Å². The van der Waals surface area contributed by atoms with Gasteiger partial charge in [-0.3, -0.25) is 0 Å². The van der Waals surface area contributed by atoms with Crippen LogP contribution in [-0.2, 0) is 14.3 Å². The number of carbonyl (C=O) groups excluding carboxylic acids is 2. The number of alkyl halides is 2. The minimum atomic E-state index is -3.49. The normalized spacial score (nSPS) is 32.2. The Bertz CT molecular complexity index is 990. The molecule has 4 saturated carbocycles. The van der Waals surface area contributed by atoms with Crippen LogP contribution in [0.25, 0.3) is 10.8 Å². The molecule has 6 heteroatoms. The second-order valence-corrected chi connectivity index (χ2v) is 9.33. The highest BCUT2D eigenvalue weighted by Gasteiger charge is 2.59. The summed E-state index contributed by atoms with van der Waals surface area (Å²) in [7, 11) is 0. The Labute approximate surface area is 173 Å². The van der Waals surface area contributed by atoms with Crippen LogP contribution in [0, 0.1) is 17.8 Å². The first kappa shape index (κ1) is 19.5. The molecule has 0 aromatic heterocycles. The van der Waals surface area contributed by atoms with E-state index in [2.05, 4.69) is 0 Å². The zero-order valence-corrected chi connectivity index (χ0v) is 16.8. The van der Waals surface area contributed by atoms with E-state index in [1.165, 1.54) is 0 Å². The zero-order valence-electron chi connectivity index (χ0n) is 16.8. The van der Waals surface area contributed by atoms with Crippen LogP contribution in [0.15, 0.2) is 42.5 Å². The van der Waals surface area contributed by atoms with Crippen molar-refractivity contribution in [1.29, 1.82) is 0 Å². The number of fused-ring (bicyclic) bond motifs is 1. The van der Waals surface area contributed by atoms with Crippen molar-refractivity contribution < 1.29 is 27.8 Å². The highest BCUT2D eigenvalue weighted by molar-refractivity contribution is 6.04. The SMILES string of the molecule is CC(F)(F)C(=O)OC1C2CC3CC1CC(OC(=O)c1cccc4ccccc14)(C3)C2. The molecule has 30 heavy (non-hydrogen) atoms. The fourth-order valence-electron chi connectivity index (χ4n) is 6.10. The van der Waals surface area contributed by atoms with Crippen molar-refractivity contribution in [2.75, 3.05) is 0 Å². The van der Waals surface area contributed by atoms with Gasteiger partial charge < -0.3 is 9.47 Å². The van der Waals surface area contributed by atoms with Gasteiger partial charge in [0.05, 0.1) is 5.56 Å². The molecular weight excluding hydrogens is 390 g/mol. The van der Waals surface area contributed by atoms with E-state index in [0.717, 1.165) is 30.0 Å².